The number of allylic oxidation sites excluding steroid dienone is 10. The first-order chi connectivity index (χ1) is 22.2. The Hall–Kier alpha value is -4.50. The lowest BCUT2D eigenvalue weighted by atomic mass is 9.99. The Morgan fingerprint density at radius 1 is 0.778 bits per heavy atom. The van der Waals surface area contributed by atoms with Gasteiger partial charge in [0.15, 0.2) is 0 Å². The molecule has 0 radical (unpaired) electrons. The Morgan fingerprint density at radius 3 is 2.33 bits per heavy atom. The SMILES string of the molecule is CC/C(=C\C=C/CC1=CCC=C(c2ccccc2C)C=C1)c1cccc(CNC(NCCc2ccccc2)c2ccccc2)c1. The van der Waals surface area contributed by atoms with Gasteiger partial charge in [-0.25, -0.2) is 0 Å². The molecule has 2 N–H and O–H groups in total. The number of benzene rings is 4. The lowest BCUT2D eigenvalue weighted by molar-refractivity contribution is 0.440. The van der Waals surface area contributed by atoms with E-state index in [4.69, 9.17) is 0 Å². The highest BCUT2D eigenvalue weighted by Gasteiger charge is 2.11. The monoisotopic (exact) mass is 590 g/mol. The lowest BCUT2D eigenvalue weighted by Gasteiger charge is -2.21. The smallest absolute Gasteiger partial charge is 0.0838 e. The number of nitrogens with one attached hydrogen (secondary N) is 2. The van der Waals surface area contributed by atoms with E-state index in [1.807, 2.05) is 0 Å². The summed E-state index contributed by atoms with van der Waals surface area (Å²) in [5.41, 5.74) is 11.8. The lowest BCUT2D eigenvalue weighted by Crippen LogP contribution is -2.35. The van der Waals surface area contributed by atoms with Crippen molar-refractivity contribution in [3.8, 4) is 0 Å². The fourth-order valence-electron chi connectivity index (χ4n) is 5.78. The second-order valence-corrected chi connectivity index (χ2v) is 11.6. The van der Waals surface area contributed by atoms with E-state index in [2.05, 4.69) is 176 Å². The summed E-state index contributed by atoms with van der Waals surface area (Å²) in [5.74, 6) is 0. The summed E-state index contributed by atoms with van der Waals surface area (Å²) in [5, 5.41) is 7.51. The van der Waals surface area contributed by atoms with Gasteiger partial charge in [0.1, 0.15) is 0 Å². The zero-order valence-electron chi connectivity index (χ0n) is 26.8. The minimum Gasteiger partial charge on any atom is -0.298 e. The molecule has 228 valence electrons. The van der Waals surface area contributed by atoms with Gasteiger partial charge in [0.2, 0.25) is 0 Å². The minimum atomic E-state index is 0.0815. The molecule has 2 nitrogen and oxygen atoms in total. The summed E-state index contributed by atoms with van der Waals surface area (Å²) in [6, 6.07) is 38.9. The van der Waals surface area contributed by atoms with Gasteiger partial charge >= 0.3 is 0 Å². The first-order valence-electron chi connectivity index (χ1n) is 16.3. The molecular formula is C43H46N2. The van der Waals surface area contributed by atoms with Crippen LogP contribution in [0.1, 0.15) is 65.7 Å². The fourth-order valence-corrected chi connectivity index (χ4v) is 5.78. The molecule has 0 aromatic heterocycles. The van der Waals surface area contributed by atoms with Crippen LogP contribution >= 0.6 is 0 Å². The van der Waals surface area contributed by atoms with Crippen molar-refractivity contribution in [3.05, 3.63) is 191 Å². The van der Waals surface area contributed by atoms with E-state index >= 15 is 0 Å². The summed E-state index contributed by atoms with van der Waals surface area (Å²) >= 11 is 0. The van der Waals surface area contributed by atoms with Gasteiger partial charge in [0.25, 0.3) is 0 Å². The van der Waals surface area contributed by atoms with Crippen molar-refractivity contribution in [1.82, 2.24) is 10.6 Å². The summed E-state index contributed by atoms with van der Waals surface area (Å²) in [7, 11) is 0. The molecule has 1 atom stereocenters. The topological polar surface area (TPSA) is 24.1 Å². The van der Waals surface area contributed by atoms with E-state index in [0.717, 1.165) is 38.8 Å². The molecule has 2 heteroatoms. The van der Waals surface area contributed by atoms with Crippen LogP contribution in [0.4, 0.5) is 0 Å². The van der Waals surface area contributed by atoms with Crippen LogP contribution in [-0.2, 0) is 13.0 Å². The van der Waals surface area contributed by atoms with Gasteiger partial charge in [-0.1, -0.05) is 159 Å². The maximum Gasteiger partial charge on any atom is 0.0838 e. The molecule has 0 fully saturated rings. The van der Waals surface area contributed by atoms with Gasteiger partial charge in [-0.15, -0.1) is 0 Å². The number of hydrogen-bond donors (Lipinski definition) is 2. The predicted molar refractivity (Wildman–Crippen MR) is 194 cm³/mol. The number of aryl methyl sites for hydroxylation is 1. The molecule has 0 saturated carbocycles. The number of hydrogen-bond acceptors (Lipinski definition) is 2. The fraction of sp³-hybridized carbons (Fsp3) is 0.209. The molecule has 1 aliphatic carbocycles. The van der Waals surface area contributed by atoms with Crippen molar-refractivity contribution in [1.29, 1.82) is 0 Å². The molecule has 0 aliphatic heterocycles. The van der Waals surface area contributed by atoms with E-state index in [1.165, 1.54) is 50.1 Å². The van der Waals surface area contributed by atoms with Gasteiger partial charge < -0.3 is 0 Å². The van der Waals surface area contributed by atoms with Gasteiger partial charge in [0.05, 0.1) is 6.17 Å². The highest BCUT2D eigenvalue weighted by molar-refractivity contribution is 5.77. The molecular weight excluding hydrogens is 544 g/mol. The molecule has 0 bridgehead atoms. The van der Waals surface area contributed by atoms with Crippen LogP contribution in [0.2, 0.25) is 0 Å². The Kier molecular flexibility index (Phi) is 12.1. The summed E-state index contributed by atoms with van der Waals surface area (Å²) in [6.07, 6.45) is 20.0. The first kappa shape index (κ1) is 31.9. The normalized spacial score (nSPS) is 14.2. The maximum atomic E-state index is 3.77. The van der Waals surface area contributed by atoms with Gasteiger partial charge in [-0.2, -0.15) is 0 Å². The predicted octanol–water partition coefficient (Wildman–Crippen LogP) is 10.3. The van der Waals surface area contributed by atoms with E-state index < -0.39 is 0 Å². The summed E-state index contributed by atoms with van der Waals surface area (Å²) < 4.78 is 0. The highest BCUT2D eigenvalue weighted by Crippen LogP contribution is 2.25. The molecule has 0 heterocycles. The molecule has 0 spiro atoms. The molecule has 5 rings (SSSR count). The average molecular weight is 591 g/mol. The highest BCUT2D eigenvalue weighted by atomic mass is 15.1. The van der Waals surface area contributed by atoms with Crippen LogP contribution in [0, 0.1) is 6.92 Å². The van der Waals surface area contributed by atoms with Crippen molar-refractivity contribution >= 4 is 11.1 Å². The minimum absolute atomic E-state index is 0.0815. The molecule has 0 saturated heterocycles. The van der Waals surface area contributed by atoms with Crippen LogP contribution in [0.5, 0.6) is 0 Å². The third-order valence-corrected chi connectivity index (χ3v) is 8.36. The molecule has 0 amide bonds. The Labute approximate surface area is 270 Å². The zero-order valence-corrected chi connectivity index (χ0v) is 26.8. The number of rotatable bonds is 14. The third kappa shape index (κ3) is 9.74. The van der Waals surface area contributed by atoms with E-state index in [-0.39, 0.29) is 6.17 Å². The first-order valence-corrected chi connectivity index (χ1v) is 16.3. The van der Waals surface area contributed by atoms with Crippen molar-refractivity contribution < 1.29 is 0 Å². The van der Waals surface area contributed by atoms with Crippen LogP contribution < -0.4 is 10.6 Å². The van der Waals surface area contributed by atoms with Gasteiger partial charge in [-0.3, -0.25) is 10.6 Å². The third-order valence-electron chi connectivity index (χ3n) is 8.36. The van der Waals surface area contributed by atoms with E-state index in [0.29, 0.717) is 0 Å². The second kappa shape index (κ2) is 17.1. The standard InChI is InChI=1S/C43H46N2/c1-3-38(22-12-11-19-35-20-14-25-39(29-28-35)42-27-13-10-16-34(42)2)41-26-15-21-37(32-41)33-45-43(40-23-8-5-9-24-40)44-31-30-36-17-6-4-7-18-36/h4-13,15-18,20-29,32,43-45H,3,14,19,30-31,33H2,1-2H3/b12-11-,38-22+. The molecule has 45 heavy (non-hydrogen) atoms. The van der Waals surface area contributed by atoms with E-state index in [1.54, 1.807) is 0 Å². The molecule has 4 aromatic rings. The van der Waals surface area contributed by atoms with Gasteiger partial charge in [-0.05, 0) is 82.7 Å². The Bertz CT molecular complexity index is 1650. The largest absolute Gasteiger partial charge is 0.298 e. The van der Waals surface area contributed by atoms with Gasteiger partial charge in [0, 0.05) is 13.1 Å². The van der Waals surface area contributed by atoms with Crippen LogP contribution in [0.3, 0.4) is 0 Å². The molecule has 1 unspecified atom stereocenters. The zero-order chi connectivity index (χ0) is 31.1. The van der Waals surface area contributed by atoms with Crippen molar-refractivity contribution in [3.63, 3.8) is 0 Å². The van der Waals surface area contributed by atoms with Crippen molar-refractivity contribution in [2.75, 3.05) is 6.54 Å². The van der Waals surface area contributed by atoms with Crippen LogP contribution in [0.15, 0.2) is 157 Å². The van der Waals surface area contributed by atoms with Crippen molar-refractivity contribution in [2.24, 2.45) is 0 Å². The summed E-state index contributed by atoms with van der Waals surface area (Å²) in [4.78, 5) is 0. The second-order valence-electron chi connectivity index (χ2n) is 11.6. The Balaban J connectivity index is 1.18. The van der Waals surface area contributed by atoms with Crippen LogP contribution in [-0.4, -0.2) is 6.54 Å². The van der Waals surface area contributed by atoms with Crippen molar-refractivity contribution in [2.45, 2.75) is 52.2 Å². The molecule has 4 aromatic carbocycles. The molecule has 1 aliphatic rings. The van der Waals surface area contributed by atoms with E-state index in [9.17, 15) is 0 Å². The maximum absolute atomic E-state index is 3.77. The quantitative estimate of drug-likeness (QED) is 0.113. The Morgan fingerprint density at radius 2 is 1.53 bits per heavy atom. The summed E-state index contributed by atoms with van der Waals surface area (Å²) in [6.45, 7) is 6.12. The average Bonchev–Trinajstić information content (AvgIpc) is 3.33. The van der Waals surface area contributed by atoms with Crippen LogP contribution in [0.25, 0.3) is 11.1 Å².